The molecule has 1 aromatic heterocycles. The second-order valence-electron chi connectivity index (χ2n) is 9.19. The third kappa shape index (κ3) is 3.29. The molecule has 5 aliphatic heterocycles. The summed E-state index contributed by atoms with van der Waals surface area (Å²) in [6.45, 7) is 5.85. The maximum absolute atomic E-state index is 12.8. The molecule has 7 rings (SSSR count). The summed E-state index contributed by atoms with van der Waals surface area (Å²) in [6, 6.07) is 11.1. The zero-order chi connectivity index (χ0) is 21.7. The lowest BCUT2D eigenvalue weighted by Gasteiger charge is -2.49. The van der Waals surface area contributed by atoms with Crippen LogP contribution in [0.15, 0.2) is 40.8 Å². The molecule has 5 saturated heterocycles. The number of anilines is 1. The first-order valence-electron chi connectivity index (χ1n) is 11.4. The Bertz CT molecular complexity index is 1040. The highest BCUT2D eigenvalue weighted by atomic mass is 16.6. The minimum atomic E-state index is -0.426. The van der Waals surface area contributed by atoms with Crippen molar-refractivity contribution in [1.29, 1.82) is 0 Å². The third-order valence-corrected chi connectivity index (χ3v) is 7.31. The lowest BCUT2D eigenvalue weighted by atomic mass is 9.75. The molecule has 1 atom stereocenters. The second kappa shape index (κ2) is 7.64. The van der Waals surface area contributed by atoms with Gasteiger partial charge in [0.1, 0.15) is 11.4 Å². The van der Waals surface area contributed by atoms with Crippen LogP contribution in [0.2, 0.25) is 0 Å². The van der Waals surface area contributed by atoms with Crippen molar-refractivity contribution in [2.24, 2.45) is 5.92 Å². The van der Waals surface area contributed by atoms with Gasteiger partial charge < -0.3 is 18.8 Å². The van der Waals surface area contributed by atoms with Crippen LogP contribution in [-0.4, -0.2) is 79.9 Å². The summed E-state index contributed by atoms with van der Waals surface area (Å²) in [5.74, 6) is 1.52. The fourth-order valence-corrected chi connectivity index (χ4v) is 5.56. The Balaban J connectivity index is 1.22. The summed E-state index contributed by atoms with van der Waals surface area (Å²) in [7, 11) is 0. The molecule has 1 aromatic carbocycles. The summed E-state index contributed by atoms with van der Waals surface area (Å²) in [5.41, 5.74) is 1.00. The maximum atomic E-state index is 12.8. The first kappa shape index (κ1) is 19.8. The number of morpholine rings is 1. The van der Waals surface area contributed by atoms with Crippen molar-refractivity contribution in [2.45, 2.75) is 18.4 Å². The number of hydrogen-bond acceptors (Lipinski definition) is 6. The zero-order valence-electron chi connectivity index (χ0n) is 18.0. The Morgan fingerprint density at radius 1 is 1.00 bits per heavy atom. The van der Waals surface area contributed by atoms with Crippen LogP contribution in [0.25, 0.3) is 11.3 Å². The number of amides is 2. The quantitative estimate of drug-likeness (QED) is 0.735. The van der Waals surface area contributed by atoms with Gasteiger partial charge >= 0.3 is 6.09 Å². The van der Waals surface area contributed by atoms with Crippen LogP contribution in [0, 0.1) is 5.92 Å². The van der Waals surface area contributed by atoms with Crippen LogP contribution in [-0.2, 0) is 9.47 Å². The fraction of sp³-hybridized carbons (Fsp3) is 0.500. The van der Waals surface area contributed by atoms with Crippen LogP contribution in [0.5, 0.6) is 0 Å². The molecular weight excluding hydrogens is 410 g/mol. The highest BCUT2D eigenvalue weighted by Crippen LogP contribution is 2.43. The number of rotatable bonds is 3. The van der Waals surface area contributed by atoms with Gasteiger partial charge in [0.25, 0.3) is 5.91 Å². The number of carbonyl (C=O) groups is 2. The molecule has 0 N–H and O–H groups in total. The van der Waals surface area contributed by atoms with Crippen LogP contribution in [0.3, 0.4) is 0 Å². The summed E-state index contributed by atoms with van der Waals surface area (Å²) in [4.78, 5) is 31.4. The number of carbonyl (C=O) groups excluding carboxylic acids is 2. The van der Waals surface area contributed by atoms with Crippen molar-refractivity contribution in [3.8, 4) is 11.3 Å². The molecule has 8 heteroatoms. The van der Waals surface area contributed by atoms with Gasteiger partial charge in [-0.1, -0.05) is 12.1 Å². The predicted octanol–water partition coefficient (Wildman–Crippen LogP) is 2.84. The lowest BCUT2D eigenvalue weighted by molar-refractivity contribution is -0.0881. The molecular formula is C24H27N3O5. The Morgan fingerprint density at radius 3 is 2.56 bits per heavy atom. The molecule has 5 aliphatic rings. The average Bonchev–Trinajstić information content (AvgIpc) is 3.45. The van der Waals surface area contributed by atoms with Crippen molar-refractivity contribution in [1.82, 2.24) is 9.80 Å². The van der Waals surface area contributed by atoms with Gasteiger partial charge in [0.2, 0.25) is 5.88 Å². The van der Waals surface area contributed by atoms with E-state index in [1.807, 2.05) is 41.3 Å². The summed E-state index contributed by atoms with van der Waals surface area (Å²) in [5, 5.41) is 0. The lowest BCUT2D eigenvalue weighted by Crippen LogP contribution is -2.61. The van der Waals surface area contributed by atoms with E-state index in [0.717, 1.165) is 38.0 Å². The molecule has 5 fully saturated rings. The molecule has 0 unspecified atom stereocenters. The number of piperidine rings is 3. The number of hydrogen-bond donors (Lipinski definition) is 0. The van der Waals surface area contributed by atoms with E-state index in [1.54, 1.807) is 4.90 Å². The van der Waals surface area contributed by atoms with Gasteiger partial charge in [0, 0.05) is 42.7 Å². The minimum absolute atomic E-state index is 0.00524. The third-order valence-electron chi connectivity index (χ3n) is 7.31. The van der Waals surface area contributed by atoms with Crippen molar-refractivity contribution in [2.75, 3.05) is 57.4 Å². The van der Waals surface area contributed by atoms with Gasteiger partial charge in [-0.25, -0.2) is 9.69 Å². The van der Waals surface area contributed by atoms with Crippen LogP contribution < -0.4 is 4.90 Å². The molecule has 1 spiro atoms. The Labute approximate surface area is 186 Å². The van der Waals surface area contributed by atoms with Crippen molar-refractivity contribution in [3.63, 3.8) is 0 Å². The van der Waals surface area contributed by atoms with E-state index in [2.05, 4.69) is 4.90 Å². The number of fused-ring (bicyclic) bond motifs is 2. The smallest absolute Gasteiger partial charge is 0.417 e. The van der Waals surface area contributed by atoms with E-state index in [0.29, 0.717) is 56.0 Å². The monoisotopic (exact) mass is 437 g/mol. The van der Waals surface area contributed by atoms with Gasteiger partial charge in [0.05, 0.1) is 19.8 Å². The van der Waals surface area contributed by atoms with Crippen LogP contribution in [0.1, 0.15) is 23.2 Å². The van der Waals surface area contributed by atoms with Crippen molar-refractivity contribution >= 4 is 17.9 Å². The average molecular weight is 437 g/mol. The van der Waals surface area contributed by atoms with Gasteiger partial charge in [-0.2, -0.15) is 0 Å². The highest BCUT2D eigenvalue weighted by molar-refractivity contribution is 5.95. The Hall–Kier alpha value is -2.84. The van der Waals surface area contributed by atoms with Gasteiger partial charge in [-0.3, -0.25) is 9.69 Å². The zero-order valence-corrected chi connectivity index (χ0v) is 18.0. The summed E-state index contributed by atoms with van der Waals surface area (Å²) in [6.07, 6.45) is 1.82. The topological polar surface area (TPSA) is 75.5 Å². The highest BCUT2D eigenvalue weighted by Gasteiger charge is 2.56. The van der Waals surface area contributed by atoms with E-state index in [-0.39, 0.29) is 12.0 Å². The predicted molar refractivity (Wildman–Crippen MR) is 117 cm³/mol. The second-order valence-corrected chi connectivity index (χ2v) is 9.19. The first-order chi connectivity index (χ1) is 15.6. The van der Waals surface area contributed by atoms with E-state index in [9.17, 15) is 9.59 Å². The molecule has 32 heavy (non-hydrogen) atoms. The van der Waals surface area contributed by atoms with Crippen LogP contribution in [0.4, 0.5) is 10.7 Å². The molecule has 2 amide bonds. The van der Waals surface area contributed by atoms with Gasteiger partial charge in [0.15, 0.2) is 0 Å². The van der Waals surface area contributed by atoms with Gasteiger partial charge in [-0.15, -0.1) is 0 Å². The molecule has 2 bridgehead atoms. The van der Waals surface area contributed by atoms with Gasteiger partial charge in [-0.05, 0) is 44.1 Å². The maximum Gasteiger partial charge on any atom is 0.417 e. The normalized spacial score (nSPS) is 29.6. The van der Waals surface area contributed by atoms with Crippen LogP contribution >= 0.6 is 0 Å². The fourth-order valence-electron chi connectivity index (χ4n) is 5.56. The number of furan rings is 1. The van der Waals surface area contributed by atoms with Crippen molar-refractivity contribution < 1.29 is 23.5 Å². The SMILES string of the molecule is O=C(c1cccc(-c2ccc(N3C[C@@]4(CN5CCC4CC5)OC3=O)o2)c1)N1CCOCC1. The molecule has 168 valence electrons. The molecule has 0 saturated carbocycles. The van der Waals surface area contributed by atoms with E-state index >= 15 is 0 Å². The van der Waals surface area contributed by atoms with E-state index < -0.39 is 5.60 Å². The minimum Gasteiger partial charge on any atom is -0.440 e. The van der Waals surface area contributed by atoms with E-state index in [1.165, 1.54) is 0 Å². The number of nitrogens with zero attached hydrogens (tertiary/aromatic N) is 3. The summed E-state index contributed by atoms with van der Waals surface area (Å²) >= 11 is 0. The number of ether oxygens (including phenoxy) is 2. The molecule has 2 aromatic rings. The summed E-state index contributed by atoms with van der Waals surface area (Å²) < 4.78 is 17.4. The van der Waals surface area contributed by atoms with E-state index in [4.69, 9.17) is 13.9 Å². The molecule has 0 radical (unpaired) electrons. The largest absolute Gasteiger partial charge is 0.440 e. The first-order valence-corrected chi connectivity index (χ1v) is 11.4. The Kier molecular flexibility index (Phi) is 4.73. The van der Waals surface area contributed by atoms with Crippen molar-refractivity contribution in [3.05, 3.63) is 42.0 Å². The Morgan fingerprint density at radius 2 is 1.81 bits per heavy atom. The molecule has 0 aliphatic carbocycles. The molecule has 6 heterocycles. The molecule has 8 nitrogen and oxygen atoms in total. The number of benzene rings is 1. The standard InChI is InChI=1S/C24H27N3O5/c28-22(26-10-12-30-13-11-26)18-3-1-2-17(14-18)20-4-5-21(31-20)27-16-24(32-23(27)29)15-25-8-6-19(24)7-9-25/h1-5,14,19H,6-13,15-16H2/t24-/m1/s1.